The molecule has 2 aliphatic heterocycles. The number of nitrogens with one attached hydrogen (secondary N) is 2. The van der Waals surface area contributed by atoms with Gasteiger partial charge in [-0.2, -0.15) is 0 Å². The lowest BCUT2D eigenvalue weighted by atomic mass is 10.1. The van der Waals surface area contributed by atoms with Crippen LogP contribution in [0, 0.1) is 6.92 Å². The molecule has 7 nitrogen and oxygen atoms in total. The maximum absolute atomic E-state index is 12.9. The van der Waals surface area contributed by atoms with Gasteiger partial charge in [0, 0.05) is 31.3 Å². The number of nitrogens with zero attached hydrogens (tertiary/aromatic N) is 4. The van der Waals surface area contributed by atoms with Crippen molar-refractivity contribution in [3.63, 3.8) is 0 Å². The molecule has 0 unspecified atom stereocenters. The molecule has 0 aliphatic carbocycles. The van der Waals surface area contributed by atoms with Gasteiger partial charge in [-0.05, 0) is 31.4 Å². The van der Waals surface area contributed by atoms with Crippen molar-refractivity contribution in [3.05, 3.63) is 94.0 Å². The Labute approximate surface area is 193 Å². The molecule has 0 bridgehead atoms. The van der Waals surface area contributed by atoms with Crippen molar-refractivity contribution in [2.75, 3.05) is 24.5 Å². The smallest absolute Gasteiger partial charge is 0.255 e. The third kappa shape index (κ3) is 4.67. The van der Waals surface area contributed by atoms with Crippen LogP contribution in [0.5, 0.6) is 0 Å². The van der Waals surface area contributed by atoms with Crippen LogP contribution in [-0.2, 0) is 13.0 Å². The maximum atomic E-state index is 12.9. The predicted octanol–water partition coefficient (Wildman–Crippen LogP) is 3.06. The number of anilines is 1. The van der Waals surface area contributed by atoms with Crippen LogP contribution in [0.15, 0.2) is 82.3 Å². The van der Waals surface area contributed by atoms with E-state index in [1.54, 1.807) is 10.6 Å². The molecule has 33 heavy (non-hydrogen) atoms. The molecule has 7 heteroatoms. The van der Waals surface area contributed by atoms with Crippen molar-refractivity contribution in [1.29, 1.82) is 0 Å². The number of hydrogen-bond donors (Lipinski definition) is 2. The van der Waals surface area contributed by atoms with Gasteiger partial charge in [0.05, 0.1) is 12.2 Å². The Hall–Kier alpha value is -3.87. The molecule has 2 aromatic carbocycles. The lowest BCUT2D eigenvalue weighted by Crippen LogP contribution is -2.48. The fourth-order valence-corrected chi connectivity index (χ4v) is 4.18. The molecule has 5 rings (SSSR count). The van der Waals surface area contributed by atoms with E-state index in [0.29, 0.717) is 24.7 Å². The van der Waals surface area contributed by atoms with Gasteiger partial charge in [-0.15, -0.1) is 0 Å². The quantitative estimate of drug-likeness (QED) is 0.638. The van der Waals surface area contributed by atoms with Crippen molar-refractivity contribution in [1.82, 2.24) is 20.2 Å². The number of aliphatic imine (C=N–C) groups is 1. The molecule has 0 radical (unpaired) electrons. The zero-order valence-corrected chi connectivity index (χ0v) is 18.8. The highest BCUT2D eigenvalue weighted by atomic mass is 16.1. The number of aromatic nitrogens is 2. The zero-order valence-electron chi connectivity index (χ0n) is 18.8. The first kappa shape index (κ1) is 21.0. The number of aryl methyl sites for hydroxylation is 1. The van der Waals surface area contributed by atoms with E-state index in [0.717, 1.165) is 43.3 Å². The largest absolute Gasteiger partial charge is 0.356 e. The van der Waals surface area contributed by atoms with Crippen molar-refractivity contribution in [3.8, 4) is 11.3 Å². The number of rotatable bonds is 5. The molecule has 1 aromatic heterocycles. The Morgan fingerprint density at radius 1 is 1.06 bits per heavy atom. The van der Waals surface area contributed by atoms with Gasteiger partial charge in [-0.1, -0.05) is 60.2 Å². The van der Waals surface area contributed by atoms with E-state index < -0.39 is 0 Å². The minimum atomic E-state index is -0.0231. The Morgan fingerprint density at radius 3 is 2.70 bits per heavy atom. The van der Waals surface area contributed by atoms with Crippen LogP contribution in [0.25, 0.3) is 11.3 Å². The van der Waals surface area contributed by atoms with Crippen LogP contribution in [0.2, 0.25) is 0 Å². The molecule has 0 saturated carbocycles. The number of fused-ring (bicyclic) bond motifs is 1. The van der Waals surface area contributed by atoms with Gasteiger partial charge in [0.2, 0.25) is 5.95 Å². The molecule has 3 aromatic rings. The SMILES string of the molecule is Cc1ccc(CCNC2=NCC=C(N3CCCn4c3nc(-c3ccccc3)cc4=O)N2)cc1. The molecule has 0 atom stereocenters. The number of hydrogen-bond acceptors (Lipinski definition) is 6. The highest BCUT2D eigenvalue weighted by molar-refractivity contribution is 5.83. The zero-order chi connectivity index (χ0) is 22.6. The summed E-state index contributed by atoms with van der Waals surface area (Å²) in [5.74, 6) is 2.33. The second kappa shape index (κ2) is 9.32. The molecular formula is C26H28N6O. The van der Waals surface area contributed by atoms with Crippen molar-refractivity contribution in [2.24, 2.45) is 4.99 Å². The lowest BCUT2D eigenvalue weighted by Gasteiger charge is -2.34. The van der Waals surface area contributed by atoms with E-state index in [1.807, 2.05) is 36.4 Å². The summed E-state index contributed by atoms with van der Waals surface area (Å²) in [6, 6.07) is 20.1. The summed E-state index contributed by atoms with van der Waals surface area (Å²) in [6.07, 6.45) is 3.84. The van der Waals surface area contributed by atoms with E-state index in [1.165, 1.54) is 11.1 Å². The Balaban J connectivity index is 1.31. The summed E-state index contributed by atoms with van der Waals surface area (Å²) in [7, 11) is 0. The standard InChI is InChI=1S/C26H28N6O/c1-19-8-10-20(11-9-19)12-14-27-25-28-15-13-23(30-25)31-16-5-17-32-24(33)18-22(29-26(31)32)21-6-3-2-4-7-21/h2-4,6-11,13,18H,5,12,14-17H2,1H3,(H2,27,28,30). The van der Waals surface area contributed by atoms with E-state index >= 15 is 0 Å². The lowest BCUT2D eigenvalue weighted by molar-refractivity contribution is 0.547. The first-order chi connectivity index (χ1) is 16.2. The van der Waals surface area contributed by atoms with E-state index in [-0.39, 0.29) is 5.56 Å². The van der Waals surface area contributed by atoms with Crippen LogP contribution in [-0.4, -0.2) is 35.1 Å². The third-order valence-corrected chi connectivity index (χ3v) is 5.96. The molecule has 0 spiro atoms. The van der Waals surface area contributed by atoms with Gasteiger partial charge in [0.15, 0.2) is 5.96 Å². The highest BCUT2D eigenvalue weighted by Gasteiger charge is 2.25. The van der Waals surface area contributed by atoms with Crippen LogP contribution >= 0.6 is 0 Å². The average Bonchev–Trinajstić information content (AvgIpc) is 2.86. The fourth-order valence-electron chi connectivity index (χ4n) is 4.18. The van der Waals surface area contributed by atoms with Gasteiger partial charge < -0.3 is 10.6 Å². The van der Waals surface area contributed by atoms with Crippen LogP contribution < -0.4 is 21.1 Å². The summed E-state index contributed by atoms with van der Waals surface area (Å²) in [4.78, 5) is 24.4. The monoisotopic (exact) mass is 440 g/mol. The van der Waals surface area contributed by atoms with Crippen molar-refractivity contribution < 1.29 is 0 Å². The minimum Gasteiger partial charge on any atom is -0.356 e. The van der Waals surface area contributed by atoms with Crippen LogP contribution in [0.4, 0.5) is 5.95 Å². The molecule has 0 saturated heterocycles. The summed E-state index contributed by atoms with van der Waals surface area (Å²) < 4.78 is 1.76. The number of guanidine groups is 1. The Kier molecular flexibility index (Phi) is 5.93. The number of benzene rings is 2. The van der Waals surface area contributed by atoms with Gasteiger partial charge in [0.25, 0.3) is 5.56 Å². The summed E-state index contributed by atoms with van der Waals surface area (Å²) in [5.41, 5.74) is 4.17. The predicted molar refractivity (Wildman–Crippen MR) is 132 cm³/mol. The van der Waals surface area contributed by atoms with Crippen molar-refractivity contribution >= 4 is 11.9 Å². The molecule has 0 fully saturated rings. The first-order valence-corrected chi connectivity index (χ1v) is 11.4. The topological polar surface area (TPSA) is 74.5 Å². The van der Waals surface area contributed by atoms with Gasteiger partial charge in [-0.25, -0.2) is 9.98 Å². The first-order valence-electron chi connectivity index (χ1n) is 11.4. The van der Waals surface area contributed by atoms with E-state index in [2.05, 4.69) is 51.7 Å². The third-order valence-electron chi connectivity index (χ3n) is 5.96. The average molecular weight is 441 g/mol. The second-order valence-electron chi connectivity index (χ2n) is 8.37. The van der Waals surface area contributed by atoms with E-state index in [9.17, 15) is 4.79 Å². The Morgan fingerprint density at radius 2 is 1.88 bits per heavy atom. The van der Waals surface area contributed by atoms with Crippen molar-refractivity contribution in [2.45, 2.75) is 26.3 Å². The fraction of sp³-hybridized carbons (Fsp3) is 0.269. The molecule has 2 N–H and O–H groups in total. The normalized spacial score (nSPS) is 15.2. The highest BCUT2D eigenvalue weighted by Crippen LogP contribution is 2.24. The molecule has 2 aliphatic rings. The van der Waals surface area contributed by atoms with Crippen LogP contribution in [0.1, 0.15) is 17.5 Å². The summed E-state index contributed by atoms with van der Waals surface area (Å²) in [6.45, 7) is 4.93. The van der Waals surface area contributed by atoms with Gasteiger partial charge in [0.1, 0.15) is 5.82 Å². The summed E-state index contributed by atoms with van der Waals surface area (Å²) in [5, 5.41) is 6.82. The maximum Gasteiger partial charge on any atom is 0.255 e. The summed E-state index contributed by atoms with van der Waals surface area (Å²) >= 11 is 0. The minimum absolute atomic E-state index is 0.0231. The molecular weight excluding hydrogens is 412 g/mol. The Bertz CT molecular complexity index is 1240. The van der Waals surface area contributed by atoms with Gasteiger partial charge >= 0.3 is 0 Å². The second-order valence-corrected chi connectivity index (χ2v) is 8.37. The molecule has 0 amide bonds. The molecule has 168 valence electrons. The van der Waals surface area contributed by atoms with Gasteiger partial charge in [-0.3, -0.25) is 14.3 Å². The van der Waals surface area contributed by atoms with Crippen LogP contribution in [0.3, 0.4) is 0 Å². The van der Waals surface area contributed by atoms with E-state index in [4.69, 9.17) is 4.98 Å². The molecule has 3 heterocycles.